The second kappa shape index (κ2) is 6.60. The van der Waals surface area contributed by atoms with Crippen molar-refractivity contribution in [3.63, 3.8) is 0 Å². The smallest absolute Gasteiger partial charge is 0.147 e. The molecule has 0 amide bonds. The summed E-state index contributed by atoms with van der Waals surface area (Å²) in [5.41, 5.74) is 0. The number of hydrogen-bond donors (Lipinski definition) is 1. The average molecular weight is 247 g/mol. The lowest BCUT2D eigenvalue weighted by atomic mass is 9.78. The van der Waals surface area contributed by atoms with Crippen molar-refractivity contribution in [2.24, 2.45) is 11.8 Å². The summed E-state index contributed by atoms with van der Waals surface area (Å²) < 4.78 is 22.4. The van der Waals surface area contributed by atoms with Crippen molar-refractivity contribution in [2.75, 3.05) is 25.1 Å². The molecule has 0 aromatic heterocycles. The first kappa shape index (κ1) is 14.0. The average Bonchev–Trinajstić information content (AvgIpc) is 2.23. The molecule has 96 valence electrons. The van der Waals surface area contributed by atoms with Gasteiger partial charge in [0.1, 0.15) is 9.84 Å². The normalized spacial score (nSPS) is 26.9. The lowest BCUT2D eigenvalue weighted by molar-refractivity contribution is 0.225. The van der Waals surface area contributed by atoms with Crippen LogP contribution >= 0.6 is 0 Å². The predicted molar refractivity (Wildman–Crippen MR) is 68.3 cm³/mol. The van der Waals surface area contributed by atoms with Gasteiger partial charge >= 0.3 is 0 Å². The zero-order chi connectivity index (χ0) is 12.0. The van der Waals surface area contributed by atoms with Crippen LogP contribution in [0.25, 0.3) is 0 Å². The lowest BCUT2D eigenvalue weighted by Gasteiger charge is -2.31. The van der Waals surface area contributed by atoms with E-state index >= 15 is 0 Å². The van der Waals surface area contributed by atoms with Crippen molar-refractivity contribution < 1.29 is 8.42 Å². The molecule has 16 heavy (non-hydrogen) atoms. The monoisotopic (exact) mass is 247 g/mol. The van der Waals surface area contributed by atoms with Gasteiger partial charge in [-0.3, -0.25) is 0 Å². The van der Waals surface area contributed by atoms with Gasteiger partial charge in [-0.15, -0.1) is 0 Å². The topological polar surface area (TPSA) is 46.2 Å². The van der Waals surface area contributed by atoms with Gasteiger partial charge in [0.25, 0.3) is 0 Å². The van der Waals surface area contributed by atoms with Crippen LogP contribution in [-0.4, -0.2) is 33.5 Å². The van der Waals surface area contributed by atoms with Crippen molar-refractivity contribution >= 4 is 9.84 Å². The molecule has 0 saturated heterocycles. The predicted octanol–water partition coefficient (Wildman–Crippen LogP) is 1.84. The molecule has 2 unspecified atom stereocenters. The van der Waals surface area contributed by atoms with E-state index in [0.717, 1.165) is 19.5 Å². The summed E-state index contributed by atoms with van der Waals surface area (Å²) in [4.78, 5) is 0. The van der Waals surface area contributed by atoms with Gasteiger partial charge < -0.3 is 5.32 Å². The highest BCUT2D eigenvalue weighted by atomic mass is 32.2. The van der Waals surface area contributed by atoms with E-state index < -0.39 is 9.84 Å². The molecule has 1 saturated carbocycles. The van der Waals surface area contributed by atoms with Crippen LogP contribution in [0.4, 0.5) is 0 Å². The van der Waals surface area contributed by atoms with Crippen LogP contribution < -0.4 is 5.32 Å². The Kier molecular flexibility index (Phi) is 5.76. The summed E-state index contributed by atoms with van der Waals surface area (Å²) in [6.07, 6.45) is 7.26. The fourth-order valence-electron chi connectivity index (χ4n) is 2.63. The quantitative estimate of drug-likeness (QED) is 0.779. The number of hydrogen-bond acceptors (Lipinski definition) is 3. The molecule has 0 bridgehead atoms. The third kappa shape index (κ3) is 5.30. The van der Waals surface area contributed by atoms with Gasteiger partial charge in [-0.2, -0.15) is 0 Å². The Bertz CT molecular complexity index is 287. The van der Waals surface area contributed by atoms with E-state index in [0.29, 0.717) is 17.6 Å². The SMILES string of the molecule is CCNCC1CCCCC1CCS(C)(=O)=O. The van der Waals surface area contributed by atoms with Crippen LogP contribution in [0.5, 0.6) is 0 Å². The van der Waals surface area contributed by atoms with Gasteiger partial charge in [0, 0.05) is 6.26 Å². The van der Waals surface area contributed by atoms with E-state index in [9.17, 15) is 8.42 Å². The Hall–Kier alpha value is -0.0900. The van der Waals surface area contributed by atoms with Crippen LogP contribution in [0, 0.1) is 11.8 Å². The summed E-state index contributed by atoms with van der Waals surface area (Å²) in [5.74, 6) is 1.67. The van der Waals surface area contributed by atoms with Gasteiger partial charge in [0.15, 0.2) is 0 Å². The molecule has 0 heterocycles. The molecule has 4 heteroatoms. The van der Waals surface area contributed by atoms with E-state index in [2.05, 4.69) is 12.2 Å². The zero-order valence-corrected chi connectivity index (χ0v) is 11.4. The first-order valence-electron chi connectivity index (χ1n) is 6.41. The van der Waals surface area contributed by atoms with Crippen LogP contribution in [0.1, 0.15) is 39.0 Å². The summed E-state index contributed by atoms with van der Waals surface area (Å²) in [6, 6.07) is 0. The molecular weight excluding hydrogens is 222 g/mol. The van der Waals surface area contributed by atoms with Gasteiger partial charge in [-0.05, 0) is 37.8 Å². The van der Waals surface area contributed by atoms with Crippen LogP contribution in [0.3, 0.4) is 0 Å². The van der Waals surface area contributed by atoms with Crippen molar-refractivity contribution in [1.82, 2.24) is 5.32 Å². The highest BCUT2D eigenvalue weighted by molar-refractivity contribution is 7.90. The van der Waals surface area contributed by atoms with Gasteiger partial charge in [0.2, 0.25) is 0 Å². The third-order valence-corrected chi connectivity index (χ3v) is 4.56. The minimum atomic E-state index is -2.79. The summed E-state index contributed by atoms with van der Waals surface area (Å²) >= 11 is 0. The van der Waals surface area contributed by atoms with E-state index in [4.69, 9.17) is 0 Å². The van der Waals surface area contributed by atoms with Crippen molar-refractivity contribution in [2.45, 2.75) is 39.0 Å². The fraction of sp³-hybridized carbons (Fsp3) is 1.00. The van der Waals surface area contributed by atoms with Crippen molar-refractivity contribution in [3.05, 3.63) is 0 Å². The standard InChI is InChI=1S/C12H25NO2S/c1-3-13-10-12-7-5-4-6-11(12)8-9-16(2,14)15/h11-13H,3-10H2,1-2H3. The van der Waals surface area contributed by atoms with E-state index in [-0.39, 0.29) is 0 Å². The molecule has 1 fully saturated rings. The number of sulfone groups is 1. The molecule has 0 spiro atoms. The van der Waals surface area contributed by atoms with Gasteiger partial charge in [-0.1, -0.05) is 26.2 Å². The second-order valence-electron chi connectivity index (χ2n) is 5.03. The molecule has 1 aliphatic carbocycles. The maximum Gasteiger partial charge on any atom is 0.147 e. The maximum absolute atomic E-state index is 11.2. The van der Waals surface area contributed by atoms with Crippen LogP contribution in [0.2, 0.25) is 0 Å². The Labute approximate surface area is 99.9 Å². The summed E-state index contributed by atoms with van der Waals surface area (Å²) in [6.45, 7) is 4.19. The summed E-state index contributed by atoms with van der Waals surface area (Å²) in [5, 5.41) is 3.40. The largest absolute Gasteiger partial charge is 0.317 e. The molecule has 0 radical (unpaired) electrons. The summed E-state index contributed by atoms with van der Waals surface area (Å²) in [7, 11) is -2.79. The zero-order valence-electron chi connectivity index (χ0n) is 10.5. The van der Waals surface area contributed by atoms with E-state index in [1.807, 2.05) is 0 Å². The lowest BCUT2D eigenvalue weighted by Crippen LogP contribution is -2.31. The van der Waals surface area contributed by atoms with E-state index in [1.54, 1.807) is 0 Å². The first-order valence-corrected chi connectivity index (χ1v) is 8.47. The molecular formula is C12H25NO2S. The Balaban J connectivity index is 2.40. The van der Waals surface area contributed by atoms with Crippen molar-refractivity contribution in [3.8, 4) is 0 Å². The molecule has 1 N–H and O–H groups in total. The highest BCUT2D eigenvalue weighted by Crippen LogP contribution is 2.32. The molecule has 0 aromatic carbocycles. The van der Waals surface area contributed by atoms with Crippen LogP contribution in [0.15, 0.2) is 0 Å². The Morgan fingerprint density at radius 3 is 2.38 bits per heavy atom. The molecule has 1 aliphatic rings. The molecule has 1 rings (SSSR count). The number of rotatable bonds is 6. The van der Waals surface area contributed by atoms with Crippen LogP contribution in [-0.2, 0) is 9.84 Å². The Morgan fingerprint density at radius 2 is 1.81 bits per heavy atom. The maximum atomic E-state index is 11.2. The number of nitrogens with one attached hydrogen (secondary N) is 1. The van der Waals surface area contributed by atoms with Gasteiger partial charge in [0.05, 0.1) is 5.75 Å². The fourth-order valence-corrected chi connectivity index (χ4v) is 3.36. The first-order chi connectivity index (χ1) is 7.53. The van der Waals surface area contributed by atoms with Gasteiger partial charge in [-0.25, -0.2) is 8.42 Å². The van der Waals surface area contributed by atoms with E-state index in [1.165, 1.54) is 31.9 Å². The molecule has 2 atom stereocenters. The highest BCUT2D eigenvalue weighted by Gasteiger charge is 2.25. The van der Waals surface area contributed by atoms with Crippen molar-refractivity contribution in [1.29, 1.82) is 0 Å². The second-order valence-corrected chi connectivity index (χ2v) is 7.29. The molecule has 0 aromatic rings. The minimum Gasteiger partial charge on any atom is -0.317 e. The minimum absolute atomic E-state index is 0.361. The third-order valence-electron chi connectivity index (χ3n) is 3.58. The molecule has 3 nitrogen and oxygen atoms in total. The molecule has 0 aliphatic heterocycles. The Morgan fingerprint density at radius 1 is 1.19 bits per heavy atom.